The molecule has 1 atom stereocenters. The summed E-state index contributed by atoms with van der Waals surface area (Å²) in [5, 5.41) is 0. The Balaban J connectivity index is 1.83. The standard InChI is InChI=1S/C18H15B/c1-6-14-10-12-4-2-8-16(12)19-17-9-3-5-13(17)11-15(7-1)18(14)19/h1-2,4-9,16H,3,10-11H2. The van der Waals surface area contributed by atoms with Crippen LogP contribution in [0.5, 0.6) is 0 Å². The number of fused-ring (bicyclic) bond motifs is 4. The van der Waals surface area contributed by atoms with Crippen molar-refractivity contribution in [1.29, 1.82) is 0 Å². The second-order valence-electron chi connectivity index (χ2n) is 6.10. The van der Waals surface area contributed by atoms with Crippen molar-refractivity contribution >= 4 is 12.2 Å². The monoisotopic (exact) mass is 242 g/mol. The van der Waals surface area contributed by atoms with Gasteiger partial charge in [0.1, 0.15) is 0 Å². The van der Waals surface area contributed by atoms with E-state index in [-0.39, 0.29) is 0 Å². The van der Waals surface area contributed by atoms with Crippen LogP contribution in [-0.4, -0.2) is 6.71 Å². The molecule has 0 saturated heterocycles. The van der Waals surface area contributed by atoms with E-state index in [1.165, 1.54) is 0 Å². The van der Waals surface area contributed by atoms with E-state index in [9.17, 15) is 0 Å². The molecule has 1 aromatic rings. The summed E-state index contributed by atoms with van der Waals surface area (Å²) in [6, 6.07) is 6.93. The highest BCUT2D eigenvalue weighted by atomic mass is 14.3. The molecule has 0 N–H and O–H groups in total. The summed E-state index contributed by atoms with van der Waals surface area (Å²) >= 11 is 0. The van der Waals surface area contributed by atoms with Crippen LogP contribution >= 0.6 is 0 Å². The molecule has 0 fully saturated rings. The molecule has 2 aliphatic carbocycles. The highest BCUT2D eigenvalue weighted by Gasteiger charge is 2.43. The Morgan fingerprint density at radius 2 is 1.95 bits per heavy atom. The van der Waals surface area contributed by atoms with E-state index < -0.39 is 0 Å². The first-order chi connectivity index (χ1) is 9.42. The molecular weight excluding hydrogens is 227 g/mol. The van der Waals surface area contributed by atoms with E-state index in [2.05, 4.69) is 48.6 Å². The SMILES string of the molecule is C1=CC2B3C4=CCC=C4Cc4cccc(c43)CC2=C1. The van der Waals surface area contributed by atoms with Crippen LogP contribution in [0.1, 0.15) is 17.5 Å². The minimum Gasteiger partial charge on any atom is -0.0855 e. The first-order valence-corrected chi connectivity index (χ1v) is 7.29. The number of hydrogen-bond donors (Lipinski definition) is 0. The van der Waals surface area contributed by atoms with Crippen molar-refractivity contribution in [2.75, 3.05) is 0 Å². The van der Waals surface area contributed by atoms with Gasteiger partial charge in [-0.25, -0.2) is 0 Å². The van der Waals surface area contributed by atoms with Gasteiger partial charge in [0.15, 0.2) is 0 Å². The second-order valence-corrected chi connectivity index (χ2v) is 6.10. The van der Waals surface area contributed by atoms with Gasteiger partial charge in [-0.1, -0.05) is 70.7 Å². The maximum atomic E-state index is 2.47. The van der Waals surface area contributed by atoms with Crippen molar-refractivity contribution in [2.45, 2.75) is 25.1 Å². The summed E-state index contributed by atoms with van der Waals surface area (Å²) in [4.78, 5) is 0. The topological polar surface area (TPSA) is 0 Å². The molecule has 0 spiro atoms. The Morgan fingerprint density at radius 1 is 1.05 bits per heavy atom. The van der Waals surface area contributed by atoms with E-state index in [0.717, 1.165) is 19.3 Å². The highest BCUT2D eigenvalue weighted by molar-refractivity contribution is 6.84. The Labute approximate surface area is 114 Å². The average molecular weight is 242 g/mol. The first kappa shape index (κ1) is 10.1. The van der Waals surface area contributed by atoms with Crippen molar-refractivity contribution in [1.82, 2.24) is 0 Å². The molecule has 19 heavy (non-hydrogen) atoms. The van der Waals surface area contributed by atoms with E-state index in [0.29, 0.717) is 12.5 Å². The van der Waals surface area contributed by atoms with Gasteiger partial charge in [0, 0.05) is 0 Å². The fourth-order valence-electron chi connectivity index (χ4n) is 4.44. The Hall–Kier alpha value is -1.76. The smallest absolute Gasteiger partial charge is 0.0855 e. The molecule has 2 aliphatic heterocycles. The fraction of sp³-hybridized carbons (Fsp3) is 0.222. The molecule has 0 radical (unpaired) electrons. The minimum absolute atomic E-state index is 0.604. The zero-order valence-electron chi connectivity index (χ0n) is 10.9. The molecule has 2 heterocycles. The van der Waals surface area contributed by atoms with Crippen LogP contribution in [0.2, 0.25) is 5.82 Å². The fourth-order valence-corrected chi connectivity index (χ4v) is 4.44. The molecule has 1 heteroatoms. The van der Waals surface area contributed by atoms with E-state index >= 15 is 0 Å². The average Bonchev–Trinajstić information content (AvgIpc) is 3.05. The van der Waals surface area contributed by atoms with Gasteiger partial charge in [-0.15, -0.1) is 0 Å². The maximum absolute atomic E-state index is 2.47. The Morgan fingerprint density at radius 3 is 2.89 bits per heavy atom. The lowest BCUT2D eigenvalue weighted by Crippen LogP contribution is -2.48. The van der Waals surface area contributed by atoms with Crippen LogP contribution in [-0.2, 0) is 12.8 Å². The van der Waals surface area contributed by atoms with Gasteiger partial charge < -0.3 is 0 Å². The third-order valence-corrected chi connectivity index (χ3v) is 5.20. The largest absolute Gasteiger partial charge is 0.220 e. The number of hydrogen-bond acceptors (Lipinski definition) is 0. The van der Waals surface area contributed by atoms with Gasteiger partial charge in [-0.3, -0.25) is 0 Å². The summed E-state index contributed by atoms with van der Waals surface area (Å²) in [7, 11) is 0. The van der Waals surface area contributed by atoms with Gasteiger partial charge >= 0.3 is 0 Å². The normalized spacial score (nSPS) is 25.4. The van der Waals surface area contributed by atoms with Crippen molar-refractivity contribution in [3.05, 3.63) is 76.3 Å². The summed E-state index contributed by atoms with van der Waals surface area (Å²) < 4.78 is 0. The van der Waals surface area contributed by atoms with E-state index in [4.69, 9.17) is 0 Å². The predicted octanol–water partition coefficient (Wildman–Crippen LogP) is 3.16. The molecule has 90 valence electrons. The van der Waals surface area contributed by atoms with Crippen LogP contribution in [0.25, 0.3) is 0 Å². The van der Waals surface area contributed by atoms with Crippen molar-refractivity contribution in [3.8, 4) is 0 Å². The van der Waals surface area contributed by atoms with Gasteiger partial charge in [0.05, 0.1) is 0 Å². The highest BCUT2D eigenvalue weighted by Crippen LogP contribution is 2.43. The van der Waals surface area contributed by atoms with Crippen LogP contribution in [0.3, 0.4) is 0 Å². The van der Waals surface area contributed by atoms with Crippen LogP contribution in [0.15, 0.2) is 65.2 Å². The number of allylic oxidation sites excluding steroid dienone is 8. The van der Waals surface area contributed by atoms with Gasteiger partial charge in [-0.2, -0.15) is 0 Å². The van der Waals surface area contributed by atoms with Crippen LogP contribution in [0, 0.1) is 0 Å². The van der Waals surface area contributed by atoms with Crippen molar-refractivity contribution in [2.24, 2.45) is 0 Å². The quantitative estimate of drug-likeness (QED) is 0.613. The Bertz CT molecular complexity index is 701. The van der Waals surface area contributed by atoms with Gasteiger partial charge in [0.25, 0.3) is 0 Å². The summed E-state index contributed by atoms with van der Waals surface area (Å²) in [6.07, 6.45) is 15.4. The van der Waals surface area contributed by atoms with E-state index in [1.54, 1.807) is 33.2 Å². The van der Waals surface area contributed by atoms with E-state index in [1.807, 2.05) is 0 Å². The molecule has 1 aromatic carbocycles. The molecule has 5 rings (SSSR count). The Kier molecular flexibility index (Phi) is 1.81. The van der Waals surface area contributed by atoms with Crippen LogP contribution < -0.4 is 5.46 Å². The second kappa shape index (κ2) is 3.42. The molecule has 0 bridgehead atoms. The number of benzene rings is 1. The lowest BCUT2D eigenvalue weighted by molar-refractivity contribution is 1.02. The summed E-state index contributed by atoms with van der Waals surface area (Å²) in [5.74, 6) is 0.627. The van der Waals surface area contributed by atoms with Gasteiger partial charge in [0.2, 0.25) is 6.71 Å². The molecule has 4 aliphatic rings. The lowest BCUT2D eigenvalue weighted by atomic mass is 9.27. The molecule has 1 unspecified atom stereocenters. The summed E-state index contributed by atoms with van der Waals surface area (Å²) in [5.41, 5.74) is 9.64. The zero-order chi connectivity index (χ0) is 12.4. The third kappa shape index (κ3) is 1.21. The zero-order valence-corrected chi connectivity index (χ0v) is 10.9. The number of rotatable bonds is 0. The molecule has 0 amide bonds. The minimum atomic E-state index is 0.604. The lowest BCUT2D eigenvalue weighted by Gasteiger charge is -2.37. The summed E-state index contributed by atoms with van der Waals surface area (Å²) in [6.45, 7) is 0.604. The van der Waals surface area contributed by atoms with Crippen LogP contribution in [0.4, 0.5) is 0 Å². The van der Waals surface area contributed by atoms with Gasteiger partial charge in [-0.05, 0) is 36.2 Å². The van der Waals surface area contributed by atoms with Crippen molar-refractivity contribution < 1.29 is 0 Å². The van der Waals surface area contributed by atoms with Crippen molar-refractivity contribution in [3.63, 3.8) is 0 Å². The third-order valence-electron chi connectivity index (χ3n) is 5.20. The maximum Gasteiger partial charge on any atom is 0.220 e. The molecule has 0 saturated carbocycles. The molecular formula is C18H15B. The molecule has 0 nitrogen and oxygen atoms in total. The first-order valence-electron chi connectivity index (χ1n) is 7.29. The molecule has 0 aromatic heterocycles. The predicted molar refractivity (Wildman–Crippen MR) is 81.0 cm³/mol.